The summed E-state index contributed by atoms with van der Waals surface area (Å²) in [6, 6.07) is 13.5. The molecule has 0 heterocycles. The molecule has 98 valence electrons. The van der Waals surface area contributed by atoms with Gasteiger partial charge in [0.1, 0.15) is 18.1 Å². The standard InChI is InChI=1S/C15H14O4/c1-18-15(17)12-4-2-3-11(9-12)10-19-14-7-5-13(16)6-8-14/h2-9,16H,10H2,1H3. The van der Waals surface area contributed by atoms with Crippen LogP contribution in [0.15, 0.2) is 48.5 Å². The van der Waals surface area contributed by atoms with Crippen LogP contribution in [0.3, 0.4) is 0 Å². The van der Waals surface area contributed by atoms with Gasteiger partial charge in [-0.25, -0.2) is 4.79 Å². The van der Waals surface area contributed by atoms with E-state index in [1.165, 1.54) is 7.11 Å². The Hall–Kier alpha value is -2.49. The van der Waals surface area contributed by atoms with E-state index in [2.05, 4.69) is 4.74 Å². The van der Waals surface area contributed by atoms with Crippen molar-refractivity contribution in [3.63, 3.8) is 0 Å². The largest absolute Gasteiger partial charge is 0.508 e. The summed E-state index contributed by atoms with van der Waals surface area (Å²) in [5.41, 5.74) is 1.37. The zero-order valence-electron chi connectivity index (χ0n) is 10.5. The number of aromatic hydroxyl groups is 1. The second-order valence-corrected chi connectivity index (χ2v) is 3.97. The fourth-order valence-electron chi connectivity index (χ4n) is 1.61. The van der Waals surface area contributed by atoms with Crippen LogP contribution < -0.4 is 4.74 Å². The third-order valence-electron chi connectivity index (χ3n) is 2.59. The molecule has 0 radical (unpaired) electrons. The van der Waals surface area contributed by atoms with Gasteiger partial charge in [0.25, 0.3) is 0 Å². The minimum atomic E-state index is -0.369. The molecule has 2 aromatic carbocycles. The molecule has 0 aliphatic carbocycles. The first-order valence-electron chi connectivity index (χ1n) is 5.78. The Morgan fingerprint density at radius 1 is 1.16 bits per heavy atom. The number of hydrogen-bond donors (Lipinski definition) is 1. The number of ether oxygens (including phenoxy) is 2. The van der Waals surface area contributed by atoms with E-state index in [4.69, 9.17) is 9.84 Å². The molecule has 0 bridgehead atoms. The van der Waals surface area contributed by atoms with Crippen molar-refractivity contribution in [3.05, 3.63) is 59.7 Å². The van der Waals surface area contributed by atoms with Crippen molar-refractivity contribution in [1.82, 2.24) is 0 Å². The van der Waals surface area contributed by atoms with Crippen molar-refractivity contribution in [2.45, 2.75) is 6.61 Å². The number of benzene rings is 2. The van der Waals surface area contributed by atoms with Gasteiger partial charge in [0.2, 0.25) is 0 Å². The predicted molar refractivity (Wildman–Crippen MR) is 70.2 cm³/mol. The van der Waals surface area contributed by atoms with Crippen LogP contribution in [0.2, 0.25) is 0 Å². The van der Waals surface area contributed by atoms with Crippen LogP contribution in [0.25, 0.3) is 0 Å². The van der Waals surface area contributed by atoms with E-state index in [0.29, 0.717) is 17.9 Å². The van der Waals surface area contributed by atoms with E-state index >= 15 is 0 Å². The van der Waals surface area contributed by atoms with E-state index in [1.807, 2.05) is 6.07 Å². The van der Waals surface area contributed by atoms with E-state index in [1.54, 1.807) is 42.5 Å². The summed E-state index contributed by atoms with van der Waals surface area (Å²) >= 11 is 0. The summed E-state index contributed by atoms with van der Waals surface area (Å²) in [6.45, 7) is 0.343. The van der Waals surface area contributed by atoms with E-state index < -0.39 is 0 Å². The quantitative estimate of drug-likeness (QED) is 0.857. The normalized spacial score (nSPS) is 9.95. The molecule has 0 amide bonds. The number of esters is 1. The number of carbonyl (C=O) groups is 1. The first kappa shape index (κ1) is 13.0. The van der Waals surface area contributed by atoms with E-state index in [0.717, 1.165) is 5.56 Å². The van der Waals surface area contributed by atoms with Crippen LogP contribution in [0.4, 0.5) is 0 Å². The van der Waals surface area contributed by atoms with Gasteiger partial charge in [0.15, 0.2) is 0 Å². The van der Waals surface area contributed by atoms with Crippen molar-refractivity contribution >= 4 is 5.97 Å². The lowest BCUT2D eigenvalue weighted by molar-refractivity contribution is 0.0600. The first-order valence-corrected chi connectivity index (χ1v) is 5.78. The maximum Gasteiger partial charge on any atom is 0.337 e. The molecular formula is C15H14O4. The molecule has 0 fully saturated rings. The second kappa shape index (κ2) is 5.91. The van der Waals surface area contributed by atoms with Crippen molar-refractivity contribution in [1.29, 1.82) is 0 Å². The van der Waals surface area contributed by atoms with Crippen molar-refractivity contribution in [2.75, 3.05) is 7.11 Å². The van der Waals surface area contributed by atoms with Gasteiger partial charge in [-0.1, -0.05) is 12.1 Å². The Kier molecular flexibility index (Phi) is 4.03. The molecule has 0 saturated carbocycles. The molecule has 0 aliphatic rings. The minimum Gasteiger partial charge on any atom is -0.508 e. The molecular weight excluding hydrogens is 244 g/mol. The molecule has 2 rings (SSSR count). The molecule has 19 heavy (non-hydrogen) atoms. The Morgan fingerprint density at radius 2 is 1.89 bits per heavy atom. The van der Waals surface area contributed by atoms with Gasteiger partial charge >= 0.3 is 5.97 Å². The molecule has 4 nitrogen and oxygen atoms in total. The summed E-state index contributed by atoms with van der Waals surface area (Å²) in [7, 11) is 1.35. The maximum absolute atomic E-state index is 11.4. The van der Waals surface area contributed by atoms with Gasteiger partial charge in [0, 0.05) is 0 Å². The zero-order chi connectivity index (χ0) is 13.7. The van der Waals surface area contributed by atoms with Crippen LogP contribution in [-0.2, 0) is 11.3 Å². The molecule has 0 saturated heterocycles. The Balaban J connectivity index is 2.03. The van der Waals surface area contributed by atoms with Crippen LogP contribution >= 0.6 is 0 Å². The number of phenolic OH excluding ortho intramolecular Hbond substituents is 1. The topological polar surface area (TPSA) is 55.8 Å². The summed E-state index contributed by atoms with van der Waals surface area (Å²) in [4.78, 5) is 11.4. The number of rotatable bonds is 4. The third kappa shape index (κ3) is 3.48. The van der Waals surface area contributed by atoms with Gasteiger partial charge < -0.3 is 14.6 Å². The van der Waals surface area contributed by atoms with Gasteiger partial charge in [-0.15, -0.1) is 0 Å². The minimum absolute atomic E-state index is 0.194. The second-order valence-electron chi connectivity index (χ2n) is 3.97. The van der Waals surface area contributed by atoms with Gasteiger partial charge in [-0.05, 0) is 42.0 Å². The lowest BCUT2D eigenvalue weighted by Crippen LogP contribution is -2.03. The van der Waals surface area contributed by atoms with E-state index in [9.17, 15) is 4.79 Å². The first-order chi connectivity index (χ1) is 9.19. The zero-order valence-corrected chi connectivity index (χ0v) is 10.5. The van der Waals surface area contributed by atoms with Gasteiger partial charge in [0.05, 0.1) is 12.7 Å². The fraction of sp³-hybridized carbons (Fsp3) is 0.133. The molecule has 0 spiro atoms. The van der Waals surface area contributed by atoms with Crippen LogP contribution in [-0.4, -0.2) is 18.2 Å². The number of hydrogen-bond acceptors (Lipinski definition) is 4. The average Bonchev–Trinajstić information content (AvgIpc) is 2.46. The highest BCUT2D eigenvalue weighted by molar-refractivity contribution is 5.89. The summed E-state index contributed by atoms with van der Waals surface area (Å²) < 4.78 is 10.2. The smallest absolute Gasteiger partial charge is 0.337 e. The average molecular weight is 258 g/mol. The molecule has 4 heteroatoms. The molecule has 0 aliphatic heterocycles. The lowest BCUT2D eigenvalue weighted by atomic mass is 10.1. The molecule has 1 N–H and O–H groups in total. The lowest BCUT2D eigenvalue weighted by Gasteiger charge is -2.07. The van der Waals surface area contributed by atoms with Gasteiger partial charge in [-0.2, -0.15) is 0 Å². The van der Waals surface area contributed by atoms with Gasteiger partial charge in [-0.3, -0.25) is 0 Å². The highest BCUT2D eigenvalue weighted by Gasteiger charge is 2.05. The SMILES string of the molecule is COC(=O)c1cccc(COc2ccc(O)cc2)c1. The van der Waals surface area contributed by atoms with E-state index in [-0.39, 0.29) is 11.7 Å². The number of methoxy groups -OCH3 is 1. The monoisotopic (exact) mass is 258 g/mol. The van der Waals surface area contributed by atoms with Crippen LogP contribution in [0, 0.1) is 0 Å². The van der Waals surface area contributed by atoms with Crippen LogP contribution in [0.1, 0.15) is 15.9 Å². The Labute approximate surface area is 111 Å². The summed E-state index contributed by atoms with van der Waals surface area (Å²) in [6.07, 6.45) is 0. The Morgan fingerprint density at radius 3 is 2.58 bits per heavy atom. The van der Waals surface area contributed by atoms with Crippen LogP contribution in [0.5, 0.6) is 11.5 Å². The highest BCUT2D eigenvalue weighted by atomic mass is 16.5. The maximum atomic E-state index is 11.4. The van der Waals surface area contributed by atoms with Crippen molar-refractivity contribution in [3.8, 4) is 11.5 Å². The molecule has 2 aromatic rings. The Bertz CT molecular complexity index is 561. The fourth-order valence-corrected chi connectivity index (χ4v) is 1.61. The molecule has 0 unspecified atom stereocenters. The van der Waals surface area contributed by atoms with Crippen molar-refractivity contribution < 1.29 is 19.4 Å². The highest BCUT2D eigenvalue weighted by Crippen LogP contribution is 2.17. The molecule has 0 aromatic heterocycles. The van der Waals surface area contributed by atoms with Crippen molar-refractivity contribution in [2.24, 2.45) is 0 Å². The number of carbonyl (C=O) groups excluding carboxylic acids is 1. The number of phenols is 1. The summed E-state index contributed by atoms with van der Waals surface area (Å²) in [5.74, 6) is 0.479. The molecule has 0 atom stereocenters. The predicted octanol–water partition coefficient (Wildman–Crippen LogP) is 2.76. The third-order valence-corrected chi connectivity index (χ3v) is 2.59. The summed E-state index contributed by atoms with van der Waals surface area (Å²) in [5, 5.41) is 9.16.